The number of nitrogens with zero attached hydrogens (tertiary/aromatic N) is 3. The second-order valence-electron chi connectivity index (χ2n) is 7.77. The Bertz CT molecular complexity index is 972. The standard InChI is InChI=1S/C21H20BrCl2N3O/c1-26-8-6-21(7-9-26)27-19(16-10-13(22)2-5-20(16)28-21)12-18(25-27)15-4-3-14(23)11-17(15)24/h2-5,10-11,19H,6-9,12H2,1H3. The number of benzene rings is 2. The summed E-state index contributed by atoms with van der Waals surface area (Å²) >= 11 is 16.2. The number of hydrazone groups is 1. The molecule has 1 fully saturated rings. The second kappa shape index (κ2) is 6.91. The van der Waals surface area contributed by atoms with Gasteiger partial charge in [-0.25, -0.2) is 5.01 Å². The number of halogens is 3. The van der Waals surface area contributed by atoms with Crippen LogP contribution in [-0.4, -0.2) is 41.5 Å². The summed E-state index contributed by atoms with van der Waals surface area (Å²) in [5.74, 6) is 0.965. The topological polar surface area (TPSA) is 28.1 Å². The van der Waals surface area contributed by atoms with Crippen LogP contribution in [0, 0.1) is 0 Å². The lowest BCUT2D eigenvalue weighted by atomic mass is 9.91. The quantitative estimate of drug-likeness (QED) is 0.522. The molecule has 1 unspecified atom stereocenters. The fraction of sp³-hybridized carbons (Fsp3) is 0.381. The maximum Gasteiger partial charge on any atom is 0.200 e. The van der Waals surface area contributed by atoms with Crippen molar-refractivity contribution in [2.75, 3.05) is 20.1 Å². The van der Waals surface area contributed by atoms with Crippen molar-refractivity contribution in [3.63, 3.8) is 0 Å². The number of likely N-dealkylation sites (tertiary alicyclic amines) is 1. The van der Waals surface area contributed by atoms with E-state index < -0.39 is 5.72 Å². The average Bonchev–Trinajstić information content (AvgIpc) is 3.11. The zero-order valence-electron chi connectivity index (χ0n) is 15.5. The van der Waals surface area contributed by atoms with Gasteiger partial charge in [0, 0.05) is 53.0 Å². The van der Waals surface area contributed by atoms with Gasteiger partial charge in [-0.1, -0.05) is 45.2 Å². The molecular formula is C21H20BrCl2N3O. The molecule has 0 bridgehead atoms. The van der Waals surface area contributed by atoms with Crippen LogP contribution in [0.1, 0.15) is 36.4 Å². The molecule has 1 saturated heterocycles. The highest BCUT2D eigenvalue weighted by Crippen LogP contribution is 2.50. The van der Waals surface area contributed by atoms with Crippen LogP contribution in [0.2, 0.25) is 10.0 Å². The minimum atomic E-state index is -0.404. The zero-order chi connectivity index (χ0) is 19.5. The van der Waals surface area contributed by atoms with Crippen LogP contribution in [0.15, 0.2) is 46.0 Å². The van der Waals surface area contributed by atoms with E-state index in [4.69, 9.17) is 33.0 Å². The van der Waals surface area contributed by atoms with E-state index in [0.29, 0.717) is 10.0 Å². The Kier molecular flexibility index (Phi) is 4.62. The van der Waals surface area contributed by atoms with Gasteiger partial charge in [-0.3, -0.25) is 0 Å². The minimum absolute atomic E-state index is 0.145. The summed E-state index contributed by atoms with van der Waals surface area (Å²) in [6.07, 6.45) is 2.63. The number of rotatable bonds is 1. The van der Waals surface area contributed by atoms with Gasteiger partial charge in [0.15, 0.2) is 0 Å². The molecular weight excluding hydrogens is 461 g/mol. The van der Waals surface area contributed by atoms with E-state index in [-0.39, 0.29) is 6.04 Å². The SMILES string of the molecule is CN1CCC2(CC1)Oc1ccc(Br)cc1C1CC(c3ccc(Cl)cc3Cl)=NN12. The Balaban J connectivity index is 1.60. The molecule has 0 amide bonds. The monoisotopic (exact) mass is 479 g/mol. The van der Waals surface area contributed by atoms with Gasteiger partial charge in [0.1, 0.15) is 5.75 Å². The molecule has 5 rings (SSSR count). The van der Waals surface area contributed by atoms with Crippen molar-refractivity contribution in [2.45, 2.75) is 31.0 Å². The molecule has 146 valence electrons. The first-order valence-corrected chi connectivity index (χ1v) is 11.0. The van der Waals surface area contributed by atoms with E-state index in [9.17, 15) is 0 Å². The van der Waals surface area contributed by atoms with Crippen molar-refractivity contribution in [1.82, 2.24) is 9.91 Å². The molecule has 7 heteroatoms. The van der Waals surface area contributed by atoms with Gasteiger partial charge < -0.3 is 9.64 Å². The number of fused-ring (bicyclic) bond motifs is 4. The van der Waals surface area contributed by atoms with Crippen LogP contribution in [0.5, 0.6) is 5.75 Å². The van der Waals surface area contributed by atoms with Gasteiger partial charge in [-0.15, -0.1) is 0 Å². The van der Waals surface area contributed by atoms with E-state index in [0.717, 1.165) is 53.8 Å². The summed E-state index contributed by atoms with van der Waals surface area (Å²) in [7, 11) is 2.16. The molecule has 3 heterocycles. The first kappa shape index (κ1) is 18.7. The molecule has 4 nitrogen and oxygen atoms in total. The number of hydrogen-bond donors (Lipinski definition) is 0. The number of ether oxygens (including phenoxy) is 1. The molecule has 2 aromatic carbocycles. The van der Waals surface area contributed by atoms with Gasteiger partial charge in [0.25, 0.3) is 0 Å². The van der Waals surface area contributed by atoms with Crippen LogP contribution in [0.4, 0.5) is 0 Å². The fourth-order valence-corrected chi connectivity index (χ4v) is 5.33. The van der Waals surface area contributed by atoms with E-state index >= 15 is 0 Å². The van der Waals surface area contributed by atoms with Crippen LogP contribution in [0.3, 0.4) is 0 Å². The highest BCUT2D eigenvalue weighted by Gasteiger charge is 2.51. The lowest BCUT2D eigenvalue weighted by Crippen LogP contribution is -2.58. The van der Waals surface area contributed by atoms with Crippen molar-refractivity contribution in [3.05, 3.63) is 62.0 Å². The summed E-state index contributed by atoms with van der Waals surface area (Å²) in [4.78, 5) is 2.34. The lowest BCUT2D eigenvalue weighted by Gasteiger charge is -2.50. The molecule has 0 N–H and O–H groups in total. The molecule has 1 spiro atoms. The van der Waals surface area contributed by atoms with Crippen molar-refractivity contribution in [1.29, 1.82) is 0 Å². The maximum atomic E-state index is 6.63. The highest BCUT2D eigenvalue weighted by atomic mass is 79.9. The lowest BCUT2D eigenvalue weighted by molar-refractivity contribution is -0.147. The first-order valence-electron chi connectivity index (χ1n) is 9.44. The molecule has 2 aromatic rings. The Morgan fingerprint density at radius 1 is 1.14 bits per heavy atom. The smallest absolute Gasteiger partial charge is 0.200 e. The van der Waals surface area contributed by atoms with Gasteiger partial charge in [-0.05, 0) is 37.4 Å². The summed E-state index contributed by atoms with van der Waals surface area (Å²) in [5.41, 5.74) is 2.70. The highest BCUT2D eigenvalue weighted by molar-refractivity contribution is 9.10. The third kappa shape index (κ3) is 3.04. The predicted molar refractivity (Wildman–Crippen MR) is 116 cm³/mol. The van der Waals surface area contributed by atoms with Crippen molar-refractivity contribution >= 4 is 44.8 Å². The molecule has 0 saturated carbocycles. The van der Waals surface area contributed by atoms with Crippen LogP contribution < -0.4 is 4.74 Å². The van der Waals surface area contributed by atoms with Crippen molar-refractivity contribution in [2.24, 2.45) is 5.10 Å². The minimum Gasteiger partial charge on any atom is -0.466 e. The van der Waals surface area contributed by atoms with Crippen molar-refractivity contribution in [3.8, 4) is 5.75 Å². The molecule has 0 aromatic heterocycles. The van der Waals surface area contributed by atoms with Gasteiger partial charge >= 0.3 is 0 Å². The number of hydrogen-bond acceptors (Lipinski definition) is 4. The molecule has 0 radical (unpaired) electrons. The first-order chi connectivity index (χ1) is 13.4. The summed E-state index contributed by atoms with van der Waals surface area (Å²) in [6.45, 7) is 1.98. The van der Waals surface area contributed by atoms with E-state index in [1.807, 2.05) is 18.2 Å². The van der Waals surface area contributed by atoms with Crippen LogP contribution in [0.25, 0.3) is 0 Å². The van der Waals surface area contributed by atoms with E-state index in [1.165, 1.54) is 5.56 Å². The zero-order valence-corrected chi connectivity index (χ0v) is 18.6. The van der Waals surface area contributed by atoms with Gasteiger partial charge in [-0.2, -0.15) is 5.10 Å². The summed E-state index contributed by atoms with van der Waals surface area (Å²) in [6, 6.07) is 12.0. The second-order valence-corrected chi connectivity index (χ2v) is 9.53. The van der Waals surface area contributed by atoms with Crippen LogP contribution in [-0.2, 0) is 0 Å². The van der Waals surface area contributed by atoms with Gasteiger partial charge in [0.05, 0.1) is 16.8 Å². The Morgan fingerprint density at radius 2 is 1.93 bits per heavy atom. The molecule has 3 aliphatic heterocycles. The Hall–Kier alpha value is -1.27. The van der Waals surface area contributed by atoms with E-state index in [1.54, 1.807) is 6.07 Å². The predicted octanol–water partition coefficient (Wildman–Crippen LogP) is 5.72. The normalized spacial score (nSPS) is 23.2. The average molecular weight is 481 g/mol. The fourth-order valence-electron chi connectivity index (χ4n) is 4.44. The summed E-state index contributed by atoms with van der Waals surface area (Å²) < 4.78 is 7.68. The third-order valence-corrected chi connectivity index (χ3v) is 7.01. The van der Waals surface area contributed by atoms with Gasteiger partial charge in [0.2, 0.25) is 5.72 Å². The summed E-state index contributed by atoms with van der Waals surface area (Å²) in [5, 5.41) is 8.54. The molecule has 28 heavy (non-hydrogen) atoms. The van der Waals surface area contributed by atoms with Crippen LogP contribution >= 0.6 is 39.1 Å². The van der Waals surface area contributed by atoms with Crippen molar-refractivity contribution < 1.29 is 4.74 Å². The largest absolute Gasteiger partial charge is 0.466 e. The number of piperidine rings is 1. The molecule has 3 aliphatic rings. The third-order valence-electron chi connectivity index (χ3n) is 5.97. The molecule has 1 atom stereocenters. The molecule has 0 aliphatic carbocycles. The Morgan fingerprint density at radius 3 is 2.68 bits per heavy atom. The Labute approximate surface area is 183 Å². The maximum absolute atomic E-state index is 6.63. The van der Waals surface area contributed by atoms with E-state index in [2.05, 4.69) is 45.0 Å².